The number of aryl methyl sites for hydroxylation is 3. The van der Waals surface area contributed by atoms with Crippen molar-refractivity contribution in [2.75, 3.05) is 5.32 Å². The summed E-state index contributed by atoms with van der Waals surface area (Å²) in [7, 11) is -3.91. The zero-order chi connectivity index (χ0) is 20.6. The van der Waals surface area contributed by atoms with Crippen LogP contribution in [0.5, 0.6) is 0 Å². The van der Waals surface area contributed by atoms with Crippen LogP contribution in [0.3, 0.4) is 0 Å². The van der Waals surface area contributed by atoms with E-state index in [0.717, 1.165) is 11.4 Å². The van der Waals surface area contributed by atoms with Gasteiger partial charge in [0.25, 0.3) is 5.91 Å². The van der Waals surface area contributed by atoms with Crippen LogP contribution in [0.15, 0.2) is 41.3 Å². The van der Waals surface area contributed by atoms with Crippen molar-refractivity contribution in [3.63, 3.8) is 0 Å². The number of nitrogens with zero attached hydrogens (tertiary/aromatic N) is 3. The smallest absolute Gasteiger partial charge is 0.275 e. The van der Waals surface area contributed by atoms with E-state index in [0.29, 0.717) is 11.4 Å². The summed E-state index contributed by atoms with van der Waals surface area (Å²) in [5, 5.41) is 12.3. The molecule has 146 valence electrons. The predicted molar refractivity (Wildman–Crippen MR) is 106 cm³/mol. The number of anilines is 1. The Balaban J connectivity index is 1.95. The second-order valence-electron chi connectivity index (χ2n) is 6.32. The van der Waals surface area contributed by atoms with Gasteiger partial charge in [0.05, 0.1) is 15.6 Å². The molecule has 0 spiro atoms. The average Bonchev–Trinajstić information content (AvgIpc) is 2.94. The van der Waals surface area contributed by atoms with Gasteiger partial charge in [-0.15, -0.1) is 0 Å². The molecule has 0 atom stereocenters. The summed E-state index contributed by atoms with van der Waals surface area (Å²) < 4.78 is 25.0. The van der Waals surface area contributed by atoms with E-state index < -0.39 is 15.9 Å². The van der Waals surface area contributed by atoms with Gasteiger partial charge in [-0.05, 0) is 56.7 Å². The van der Waals surface area contributed by atoms with E-state index in [1.54, 1.807) is 35.9 Å². The first-order valence-electron chi connectivity index (χ1n) is 8.21. The summed E-state index contributed by atoms with van der Waals surface area (Å²) in [6, 6.07) is 9.51. The minimum atomic E-state index is -3.91. The lowest BCUT2D eigenvalue weighted by atomic mass is 10.2. The highest BCUT2D eigenvalue weighted by Gasteiger charge is 2.17. The molecule has 0 aliphatic heterocycles. The van der Waals surface area contributed by atoms with Crippen LogP contribution < -0.4 is 10.5 Å². The molecule has 0 saturated carbocycles. The van der Waals surface area contributed by atoms with Gasteiger partial charge in [0.1, 0.15) is 5.69 Å². The second kappa shape index (κ2) is 7.34. The summed E-state index contributed by atoms with van der Waals surface area (Å²) >= 11 is 6.15. The summed E-state index contributed by atoms with van der Waals surface area (Å²) in [4.78, 5) is 16.9. The van der Waals surface area contributed by atoms with Gasteiger partial charge in [0, 0.05) is 11.4 Å². The average molecular weight is 420 g/mol. The van der Waals surface area contributed by atoms with E-state index in [4.69, 9.17) is 16.7 Å². The number of benzene rings is 1. The van der Waals surface area contributed by atoms with Crippen LogP contribution in [0.4, 0.5) is 5.69 Å². The molecule has 3 N–H and O–H groups in total. The SMILES string of the molecule is Cc1cc(C)n(-c2ccc(Cl)c(C(=O)Nc3ccc(C)c(S(N)(=O)=O)c3)n2)n1. The van der Waals surface area contributed by atoms with Gasteiger partial charge in [-0.1, -0.05) is 17.7 Å². The molecular weight excluding hydrogens is 402 g/mol. The number of primary sulfonamides is 1. The number of carbonyl (C=O) groups is 1. The minimum absolute atomic E-state index is 0.00977. The highest BCUT2D eigenvalue weighted by molar-refractivity contribution is 7.89. The predicted octanol–water partition coefficient (Wildman–Crippen LogP) is 2.75. The molecule has 8 nitrogen and oxygen atoms in total. The summed E-state index contributed by atoms with van der Waals surface area (Å²) in [6.45, 7) is 5.34. The Bertz CT molecular complexity index is 1190. The Hall–Kier alpha value is -2.75. The molecule has 10 heteroatoms. The number of nitrogens with two attached hydrogens (primary N) is 1. The molecule has 1 amide bonds. The van der Waals surface area contributed by atoms with Gasteiger partial charge in [-0.25, -0.2) is 23.2 Å². The monoisotopic (exact) mass is 419 g/mol. The maximum absolute atomic E-state index is 12.7. The Morgan fingerprint density at radius 1 is 1.14 bits per heavy atom. The van der Waals surface area contributed by atoms with Crippen LogP contribution in [0.2, 0.25) is 5.02 Å². The van der Waals surface area contributed by atoms with Crippen molar-refractivity contribution in [2.24, 2.45) is 5.14 Å². The zero-order valence-corrected chi connectivity index (χ0v) is 17.0. The molecule has 0 bridgehead atoms. The molecule has 3 aromatic rings. The van der Waals surface area contributed by atoms with E-state index in [1.807, 2.05) is 19.9 Å². The van der Waals surface area contributed by atoms with E-state index in [1.165, 1.54) is 6.07 Å². The normalized spacial score (nSPS) is 11.5. The molecular formula is C18H18ClN5O3S. The number of hydrogen-bond acceptors (Lipinski definition) is 5. The molecule has 28 heavy (non-hydrogen) atoms. The van der Waals surface area contributed by atoms with Crippen LogP contribution in [0.25, 0.3) is 5.82 Å². The molecule has 0 saturated heterocycles. The molecule has 1 aromatic carbocycles. The van der Waals surface area contributed by atoms with Gasteiger partial charge in [0.2, 0.25) is 10.0 Å². The van der Waals surface area contributed by atoms with Gasteiger partial charge < -0.3 is 5.32 Å². The summed E-state index contributed by atoms with van der Waals surface area (Å²) in [5.74, 6) is -0.146. The summed E-state index contributed by atoms with van der Waals surface area (Å²) in [5.41, 5.74) is 2.40. The minimum Gasteiger partial charge on any atom is -0.321 e. The van der Waals surface area contributed by atoms with Gasteiger partial charge in [-0.3, -0.25) is 4.79 Å². The molecule has 0 fully saturated rings. The molecule has 2 aromatic heterocycles. The van der Waals surface area contributed by atoms with Crippen molar-refractivity contribution in [3.05, 3.63) is 64.1 Å². The maximum atomic E-state index is 12.7. The quantitative estimate of drug-likeness (QED) is 0.673. The van der Waals surface area contributed by atoms with Crippen molar-refractivity contribution < 1.29 is 13.2 Å². The fourth-order valence-corrected chi connectivity index (χ4v) is 3.74. The Kier molecular flexibility index (Phi) is 5.24. The third-order valence-electron chi connectivity index (χ3n) is 4.03. The molecule has 0 aliphatic carbocycles. The van der Waals surface area contributed by atoms with E-state index in [9.17, 15) is 13.2 Å². The number of hydrogen-bond donors (Lipinski definition) is 2. The molecule has 3 rings (SSSR count). The van der Waals surface area contributed by atoms with Crippen LogP contribution in [-0.2, 0) is 10.0 Å². The first kappa shape index (κ1) is 20.0. The third-order valence-corrected chi connectivity index (χ3v) is 5.38. The first-order chi connectivity index (χ1) is 13.1. The van der Waals surface area contributed by atoms with E-state index in [-0.39, 0.29) is 21.3 Å². The van der Waals surface area contributed by atoms with Crippen LogP contribution in [-0.4, -0.2) is 29.1 Å². The number of amides is 1. The maximum Gasteiger partial charge on any atom is 0.275 e. The lowest BCUT2D eigenvalue weighted by molar-refractivity contribution is 0.102. The van der Waals surface area contributed by atoms with Crippen molar-refractivity contribution in [2.45, 2.75) is 25.7 Å². The van der Waals surface area contributed by atoms with Crippen molar-refractivity contribution in [1.82, 2.24) is 14.8 Å². The molecule has 0 radical (unpaired) electrons. The standard InChI is InChI=1S/C18H18ClN5O3S/c1-10-4-5-13(9-15(10)28(20,26)27)21-18(25)17-14(19)6-7-16(22-17)24-12(3)8-11(2)23-24/h4-9H,1-3H3,(H,21,25)(H2,20,26,27). The molecule has 0 aliphatic rings. The van der Waals surface area contributed by atoms with Crippen molar-refractivity contribution in [1.29, 1.82) is 0 Å². The topological polar surface area (TPSA) is 120 Å². The number of halogens is 1. The Morgan fingerprint density at radius 3 is 2.46 bits per heavy atom. The van der Waals surface area contributed by atoms with E-state index in [2.05, 4.69) is 15.4 Å². The van der Waals surface area contributed by atoms with Crippen LogP contribution >= 0.6 is 11.6 Å². The number of rotatable bonds is 4. The number of aromatic nitrogens is 3. The molecule has 2 heterocycles. The summed E-state index contributed by atoms with van der Waals surface area (Å²) in [6.07, 6.45) is 0. The third kappa shape index (κ3) is 4.06. The van der Waals surface area contributed by atoms with Crippen molar-refractivity contribution in [3.8, 4) is 5.82 Å². The fraction of sp³-hybridized carbons (Fsp3) is 0.167. The lowest BCUT2D eigenvalue weighted by Gasteiger charge is -2.11. The largest absolute Gasteiger partial charge is 0.321 e. The second-order valence-corrected chi connectivity index (χ2v) is 8.26. The number of nitrogens with one attached hydrogen (secondary N) is 1. The lowest BCUT2D eigenvalue weighted by Crippen LogP contribution is -2.18. The highest BCUT2D eigenvalue weighted by atomic mass is 35.5. The number of pyridine rings is 1. The first-order valence-corrected chi connectivity index (χ1v) is 10.1. The van der Waals surface area contributed by atoms with Crippen molar-refractivity contribution >= 4 is 33.2 Å². The molecule has 0 unspecified atom stereocenters. The van der Waals surface area contributed by atoms with Gasteiger partial charge in [-0.2, -0.15) is 5.10 Å². The van der Waals surface area contributed by atoms with Gasteiger partial charge >= 0.3 is 0 Å². The zero-order valence-electron chi connectivity index (χ0n) is 15.4. The number of sulfonamides is 1. The number of carbonyl (C=O) groups excluding carboxylic acids is 1. The highest BCUT2D eigenvalue weighted by Crippen LogP contribution is 2.22. The van der Waals surface area contributed by atoms with E-state index >= 15 is 0 Å². The Morgan fingerprint density at radius 2 is 1.86 bits per heavy atom. The van der Waals surface area contributed by atoms with Crippen LogP contribution in [0.1, 0.15) is 27.4 Å². The van der Waals surface area contributed by atoms with Gasteiger partial charge in [0.15, 0.2) is 5.82 Å². The van der Waals surface area contributed by atoms with Crippen LogP contribution in [0, 0.1) is 20.8 Å². The Labute approximate surface area is 167 Å². The fourth-order valence-electron chi connectivity index (χ4n) is 2.74.